The van der Waals surface area contributed by atoms with E-state index in [1.54, 1.807) is 13.0 Å². The molecule has 0 saturated heterocycles. The summed E-state index contributed by atoms with van der Waals surface area (Å²) in [5.41, 5.74) is 0.932. The van der Waals surface area contributed by atoms with Gasteiger partial charge in [0, 0.05) is 12.1 Å². The van der Waals surface area contributed by atoms with Crippen molar-refractivity contribution in [2.24, 2.45) is 0 Å². The maximum absolute atomic E-state index is 12.9. The van der Waals surface area contributed by atoms with Gasteiger partial charge >= 0.3 is 0 Å². The van der Waals surface area contributed by atoms with E-state index in [0.29, 0.717) is 17.7 Å². The van der Waals surface area contributed by atoms with Gasteiger partial charge in [0.25, 0.3) is 5.91 Å². The summed E-state index contributed by atoms with van der Waals surface area (Å²) in [4.78, 5) is 11.4. The van der Waals surface area contributed by atoms with E-state index in [9.17, 15) is 9.18 Å². The van der Waals surface area contributed by atoms with E-state index in [0.717, 1.165) is 0 Å². The van der Waals surface area contributed by atoms with Gasteiger partial charge in [-0.05, 0) is 30.7 Å². The van der Waals surface area contributed by atoms with Gasteiger partial charge in [-0.2, -0.15) is 0 Å². The number of hydrogen-bond donors (Lipinski definition) is 1. The van der Waals surface area contributed by atoms with E-state index in [-0.39, 0.29) is 11.7 Å². The van der Waals surface area contributed by atoms with Crippen molar-refractivity contribution in [1.29, 1.82) is 0 Å². The first kappa shape index (κ1) is 10.4. The van der Waals surface area contributed by atoms with Crippen LogP contribution in [0, 0.1) is 12.7 Å². The van der Waals surface area contributed by atoms with Crippen LogP contribution in [0.3, 0.4) is 0 Å². The molecule has 14 heavy (non-hydrogen) atoms. The van der Waals surface area contributed by atoms with Crippen molar-refractivity contribution < 1.29 is 9.18 Å². The minimum absolute atomic E-state index is 0.215. The van der Waals surface area contributed by atoms with E-state index < -0.39 is 0 Å². The Kier molecular flexibility index (Phi) is 3.40. The molecule has 0 aliphatic heterocycles. The molecule has 1 amide bonds. The van der Waals surface area contributed by atoms with Gasteiger partial charge in [-0.15, -0.1) is 6.58 Å². The Balaban J connectivity index is 2.80. The predicted octanol–water partition coefficient (Wildman–Crippen LogP) is 2.05. The van der Waals surface area contributed by atoms with Gasteiger partial charge in [-0.25, -0.2) is 4.39 Å². The third-order valence-electron chi connectivity index (χ3n) is 1.83. The number of amides is 1. The molecular weight excluding hydrogens is 181 g/mol. The van der Waals surface area contributed by atoms with Crippen LogP contribution in [0.2, 0.25) is 0 Å². The molecule has 0 spiro atoms. The van der Waals surface area contributed by atoms with Crippen LogP contribution in [-0.2, 0) is 0 Å². The van der Waals surface area contributed by atoms with Gasteiger partial charge in [-0.3, -0.25) is 4.79 Å². The molecule has 0 radical (unpaired) electrons. The first-order valence-electron chi connectivity index (χ1n) is 4.30. The van der Waals surface area contributed by atoms with Crippen LogP contribution < -0.4 is 5.32 Å². The van der Waals surface area contributed by atoms with Gasteiger partial charge in [0.2, 0.25) is 0 Å². The molecule has 2 nitrogen and oxygen atoms in total. The van der Waals surface area contributed by atoms with Crippen molar-refractivity contribution in [2.75, 3.05) is 6.54 Å². The molecule has 1 aromatic carbocycles. The molecule has 0 aliphatic carbocycles. The number of benzene rings is 1. The van der Waals surface area contributed by atoms with Crippen LogP contribution in [0.15, 0.2) is 30.9 Å². The molecule has 0 unspecified atom stereocenters. The fourth-order valence-corrected chi connectivity index (χ4v) is 1.05. The summed E-state index contributed by atoms with van der Waals surface area (Å²) in [5.74, 6) is -0.515. The Morgan fingerprint density at radius 2 is 2.36 bits per heavy atom. The number of hydrogen-bond acceptors (Lipinski definition) is 1. The molecule has 1 rings (SSSR count). The molecule has 0 fully saturated rings. The quantitative estimate of drug-likeness (QED) is 0.731. The fourth-order valence-electron chi connectivity index (χ4n) is 1.05. The lowest BCUT2D eigenvalue weighted by molar-refractivity contribution is 0.0958. The number of carbonyl (C=O) groups excluding carboxylic acids is 1. The van der Waals surface area contributed by atoms with Gasteiger partial charge in [0.05, 0.1) is 0 Å². The summed E-state index contributed by atoms with van der Waals surface area (Å²) in [5, 5.41) is 2.62. The van der Waals surface area contributed by atoms with E-state index in [2.05, 4.69) is 11.9 Å². The highest BCUT2D eigenvalue weighted by Crippen LogP contribution is 2.08. The normalized spacial score (nSPS) is 9.57. The van der Waals surface area contributed by atoms with E-state index in [1.165, 1.54) is 18.2 Å². The molecule has 0 bridgehead atoms. The Morgan fingerprint density at radius 3 is 2.93 bits per heavy atom. The third kappa shape index (κ3) is 2.42. The fraction of sp³-hybridized carbons (Fsp3) is 0.182. The van der Waals surface area contributed by atoms with Gasteiger partial charge in [0.1, 0.15) is 5.82 Å². The van der Waals surface area contributed by atoms with Crippen molar-refractivity contribution in [3.05, 3.63) is 47.8 Å². The lowest BCUT2D eigenvalue weighted by Crippen LogP contribution is -2.23. The Bertz CT molecular complexity index is 360. The lowest BCUT2D eigenvalue weighted by atomic mass is 10.1. The zero-order valence-electron chi connectivity index (χ0n) is 8.01. The standard InChI is InChI=1S/C11H12FNO/c1-3-6-13-11(14)9-4-5-10(12)8(2)7-9/h3-5,7H,1,6H2,2H3,(H,13,14). The van der Waals surface area contributed by atoms with Gasteiger partial charge < -0.3 is 5.32 Å². The van der Waals surface area contributed by atoms with E-state index in [1.807, 2.05) is 0 Å². The Labute approximate surface area is 82.4 Å². The topological polar surface area (TPSA) is 29.1 Å². The average molecular weight is 193 g/mol. The second-order valence-electron chi connectivity index (χ2n) is 2.96. The van der Waals surface area contributed by atoms with Crippen molar-refractivity contribution in [3.8, 4) is 0 Å². The van der Waals surface area contributed by atoms with Crippen LogP contribution in [0.1, 0.15) is 15.9 Å². The summed E-state index contributed by atoms with van der Waals surface area (Å²) in [6.45, 7) is 5.52. The molecule has 3 heteroatoms. The van der Waals surface area contributed by atoms with Crippen LogP contribution in [0.5, 0.6) is 0 Å². The molecule has 0 heterocycles. The highest BCUT2D eigenvalue weighted by molar-refractivity contribution is 5.94. The maximum Gasteiger partial charge on any atom is 0.251 e. The second kappa shape index (κ2) is 4.56. The summed E-state index contributed by atoms with van der Waals surface area (Å²) >= 11 is 0. The molecule has 0 atom stereocenters. The van der Waals surface area contributed by atoms with Crippen LogP contribution >= 0.6 is 0 Å². The molecule has 0 saturated carbocycles. The third-order valence-corrected chi connectivity index (χ3v) is 1.83. The van der Waals surface area contributed by atoms with E-state index >= 15 is 0 Å². The zero-order chi connectivity index (χ0) is 10.6. The number of halogens is 1. The first-order chi connectivity index (χ1) is 6.65. The maximum atomic E-state index is 12.9. The van der Waals surface area contributed by atoms with Crippen LogP contribution in [-0.4, -0.2) is 12.5 Å². The molecule has 1 N–H and O–H groups in total. The molecule has 0 aromatic heterocycles. The minimum atomic E-state index is -0.301. The average Bonchev–Trinajstić information content (AvgIpc) is 2.18. The van der Waals surface area contributed by atoms with Crippen LogP contribution in [0.4, 0.5) is 4.39 Å². The molecule has 1 aromatic rings. The highest BCUT2D eigenvalue weighted by atomic mass is 19.1. The zero-order valence-corrected chi connectivity index (χ0v) is 8.01. The van der Waals surface area contributed by atoms with Crippen LogP contribution in [0.25, 0.3) is 0 Å². The van der Waals surface area contributed by atoms with Crippen molar-refractivity contribution in [1.82, 2.24) is 5.32 Å². The van der Waals surface area contributed by atoms with Gasteiger partial charge in [-0.1, -0.05) is 6.08 Å². The van der Waals surface area contributed by atoms with Crippen molar-refractivity contribution in [2.45, 2.75) is 6.92 Å². The predicted molar refractivity (Wildman–Crippen MR) is 53.7 cm³/mol. The second-order valence-corrected chi connectivity index (χ2v) is 2.96. The summed E-state index contributed by atoms with van der Waals surface area (Å²) in [7, 11) is 0. The first-order valence-corrected chi connectivity index (χ1v) is 4.30. The molecular formula is C11H12FNO. The monoisotopic (exact) mass is 193 g/mol. The highest BCUT2D eigenvalue weighted by Gasteiger charge is 2.05. The van der Waals surface area contributed by atoms with Crippen molar-refractivity contribution in [3.63, 3.8) is 0 Å². The SMILES string of the molecule is C=CCNC(=O)c1ccc(F)c(C)c1. The largest absolute Gasteiger partial charge is 0.349 e. The van der Waals surface area contributed by atoms with E-state index in [4.69, 9.17) is 0 Å². The van der Waals surface area contributed by atoms with Gasteiger partial charge in [0.15, 0.2) is 0 Å². The van der Waals surface area contributed by atoms with Crippen molar-refractivity contribution >= 4 is 5.91 Å². The smallest absolute Gasteiger partial charge is 0.251 e. The number of carbonyl (C=O) groups is 1. The Hall–Kier alpha value is -1.64. The number of nitrogens with one attached hydrogen (secondary N) is 1. The summed E-state index contributed by atoms with van der Waals surface area (Å²) in [6.07, 6.45) is 1.59. The Morgan fingerprint density at radius 1 is 1.64 bits per heavy atom. The summed E-state index contributed by atoms with van der Waals surface area (Å²) < 4.78 is 12.9. The molecule has 74 valence electrons. The molecule has 0 aliphatic rings. The summed E-state index contributed by atoms with van der Waals surface area (Å²) in [6, 6.07) is 4.27. The lowest BCUT2D eigenvalue weighted by Gasteiger charge is -2.03. The number of rotatable bonds is 3. The minimum Gasteiger partial charge on any atom is -0.349 e. The number of aryl methyl sites for hydroxylation is 1.